The van der Waals surface area contributed by atoms with Crippen molar-refractivity contribution in [3.63, 3.8) is 0 Å². The lowest BCUT2D eigenvalue weighted by Gasteiger charge is -2.36. The smallest absolute Gasteiger partial charge is 0.0761 e. The predicted octanol–water partition coefficient (Wildman–Crippen LogP) is 1.95. The van der Waals surface area contributed by atoms with Gasteiger partial charge in [-0.2, -0.15) is 0 Å². The van der Waals surface area contributed by atoms with E-state index in [4.69, 9.17) is 0 Å². The Bertz CT molecular complexity index is 330. The van der Waals surface area contributed by atoms with Crippen molar-refractivity contribution < 1.29 is 10.2 Å². The second kappa shape index (κ2) is 4.85. The van der Waals surface area contributed by atoms with Crippen LogP contribution in [0, 0.1) is 0 Å². The maximum Gasteiger partial charge on any atom is 0.0761 e. The molecule has 0 aliphatic carbocycles. The highest BCUT2D eigenvalue weighted by Gasteiger charge is 2.22. The van der Waals surface area contributed by atoms with Crippen molar-refractivity contribution in [2.24, 2.45) is 0 Å². The minimum atomic E-state index is -0.440. The van der Waals surface area contributed by atoms with E-state index in [2.05, 4.69) is 0 Å². The van der Waals surface area contributed by atoms with Crippen LogP contribution in [0.4, 0.5) is 5.69 Å². The molecule has 0 aromatic heterocycles. The molecule has 90 valence electrons. The minimum Gasteiger partial charge on any atom is -0.394 e. The number of nitrogens with zero attached hydrogens (tertiary/aromatic N) is 1. The Morgan fingerprint density at radius 2 is 1.75 bits per heavy atom. The highest BCUT2D eigenvalue weighted by molar-refractivity contribution is 5.49. The van der Waals surface area contributed by atoms with Crippen molar-refractivity contribution in [2.45, 2.75) is 32.4 Å². The molecule has 0 saturated carbocycles. The van der Waals surface area contributed by atoms with Crippen LogP contribution in [-0.2, 0) is 0 Å². The van der Waals surface area contributed by atoms with Crippen molar-refractivity contribution in [1.29, 1.82) is 0 Å². The van der Waals surface area contributed by atoms with Gasteiger partial charge in [-0.1, -0.05) is 12.1 Å². The van der Waals surface area contributed by atoms with E-state index >= 15 is 0 Å². The first-order chi connectivity index (χ1) is 7.38. The summed E-state index contributed by atoms with van der Waals surface area (Å²) in [6.45, 7) is 5.81. The van der Waals surface area contributed by atoms with Crippen molar-refractivity contribution in [1.82, 2.24) is 0 Å². The van der Waals surface area contributed by atoms with E-state index in [1.54, 1.807) is 6.92 Å². The van der Waals surface area contributed by atoms with Crippen molar-refractivity contribution >= 4 is 5.69 Å². The number of rotatable bonds is 4. The second-order valence-electron chi connectivity index (χ2n) is 4.80. The highest BCUT2D eigenvalue weighted by Crippen LogP contribution is 2.23. The summed E-state index contributed by atoms with van der Waals surface area (Å²) in [6.07, 6.45) is -0.440. The maximum atomic E-state index is 9.41. The summed E-state index contributed by atoms with van der Waals surface area (Å²) in [7, 11) is 1.95. The third-order valence-corrected chi connectivity index (χ3v) is 3.06. The molecule has 1 rings (SSSR count). The molecule has 1 atom stereocenters. The van der Waals surface area contributed by atoms with Crippen LogP contribution in [0.3, 0.4) is 0 Å². The van der Waals surface area contributed by atoms with Crippen LogP contribution in [0.1, 0.15) is 32.4 Å². The average Bonchev–Trinajstić information content (AvgIpc) is 2.28. The summed E-state index contributed by atoms with van der Waals surface area (Å²) in [6, 6.07) is 7.73. The van der Waals surface area contributed by atoms with Gasteiger partial charge < -0.3 is 15.1 Å². The lowest BCUT2D eigenvalue weighted by Crippen LogP contribution is -2.44. The Morgan fingerprint density at radius 1 is 1.25 bits per heavy atom. The number of aliphatic hydroxyl groups is 2. The van der Waals surface area contributed by atoms with Crippen LogP contribution in [-0.4, -0.2) is 29.4 Å². The molecule has 0 spiro atoms. The van der Waals surface area contributed by atoms with E-state index in [9.17, 15) is 10.2 Å². The van der Waals surface area contributed by atoms with Crippen LogP contribution in [0.15, 0.2) is 24.3 Å². The molecule has 0 heterocycles. The van der Waals surface area contributed by atoms with Gasteiger partial charge in [0.1, 0.15) is 0 Å². The van der Waals surface area contributed by atoms with Crippen LogP contribution < -0.4 is 4.90 Å². The fraction of sp³-hybridized carbons (Fsp3) is 0.538. The van der Waals surface area contributed by atoms with Crippen LogP contribution in [0.5, 0.6) is 0 Å². The number of hydrogen-bond acceptors (Lipinski definition) is 3. The van der Waals surface area contributed by atoms with E-state index in [1.165, 1.54) is 0 Å². The normalized spacial score (nSPS) is 13.6. The molecule has 0 amide bonds. The number of likely N-dealkylation sites (N-methyl/N-ethyl adjacent to an activating group) is 1. The number of hydrogen-bond donors (Lipinski definition) is 2. The molecule has 0 radical (unpaired) electrons. The summed E-state index contributed by atoms with van der Waals surface area (Å²) in [5, 5.41) is 18.7. The van der Waals surface area contributed by atoms with Crippen LogP contribution >= 0.6 is 0 Å². The van der Waals surface area contributed by atoms with Gasteiger partial charge in [0.05, 0.1) is 18.2 Å². The molecule has 0 fully saturated rings. The summed E-state index contributed by atoms with van der Waals surface area (Å²) in [5.41, 5.74) is 1.65. The summed E-state index contributed by atoms with van der Waals surface area (Å²) in [4.78, 5) is 2.03. The number of aliphatic hydroxyl groups excluding tert-OH is 2. The van der Waals surface area contributed by atoms with Gasteiger partial charge in [0.15, 0.2) is 0 Å². The van der Waals surface area contributed by atoms with Gasteiger partial charge in [-0.05, 0) is 38.5 Å². The van der Waals surface area contributed by atoms with Gasteiger partial charge in [0.2, 0.25) is 0 Å². The molecule has 1 aromatic carbocycles. The molecule has 16 heavy (non-hydrogen) atoms. The summed E-state index contributed by atoms with van der Waals surface area (Å²) in [5.74, 6) is 0. The topological polar surface area (TPSA) is 43.7 Å². The Labute approximate surface area is 97.3 Å². The highest BCUT2D eigenvalue weighted by atomic mass is 16.3. The van der Waals surface area contributed by atoms with Crippen LogP contribution in [0.2, 0.25) is 0 Å². The molecular formula is C13H21NO2. The molecule has 1 unspecified atom stereocenters. The second-order valence-corrected chi connectivity index (χ2v) is 4.80. The van der Waals surface area contributed by atoms with Gasteiger partial charge in [-0.3, -0.25) is 0 Å². The van der Waals surface area contributed by atoms with Gasteiger partial charge in [0, 0.05) is 12.7 Å². The third-order valence-electron chi connectivity index (χ3n) is 3.06. The van der Waals surface area contributed by atoms with Gasteiger partial charge in [-0.15, -0.1) is 0 Å². The SMILES string of the molecule is CC(O)c1ccc(N(C)C(C)(C)CO)cc1. The lowest BCUT2D eigenvalue weighted by molar-refractivity contribution is 0.199. The molecule has 0 aliphatic rings. The van der Waals surface area contributed by atoms with E-state index in [0.29, 0.717) is 0 Å². The predicted molar refractivity (Wildman–Crippen MR) is 66.6 cm³/mol. The van der Waals surface area contributed by atoms with E-state index < -0.39 is 6.10 Å². The first-order valence-electron chi connectivity index (χ1n) is 5.51. The minimum absolute atomic E-state index is 0.0989. The first-order valence-corrected chi connectivity index (χ1v) is 5.51. The number of benzene rings is 1. The van der Waals surface area contributed by atoms with Gasteiger partial charge >= 0.3 is 0 Å². The molecule has 0 bridgehead atoms. The van der Waals surface area contributed by atoms with E-state index in [0.717, 1.165) is 11.3 Å². The summed E-state index contributed by atoms with van der Waals surface area (Å²) < 4.78 is 0. The van der Waals surface area contributed by atoms with Crippen molar-refractivity contribution in [3.05, 3.63) is 29.8 Å². The molecule has 3 heteroatoms. The largest absolute Gasteiger partial charge is 0.394 e. The van der Waals surface area contributed by atoms with Gasteiger partial charge in [0.25, 0.3) is 0 Å². The van der Waals surface area contributed by atoms with Crippen LogP contribution in [0.25, 0.3) is 0 Å². The Morgan fingerprint density at radius 3 is 2.12 bits per heavy atom. The monoisotopic (exact) mass is 223 g/mol. The standard InChI is InChI=1S/C13H21NO2/c1-10(16)11-5-7-12(8-6-11)14(4)13(2,3)9-15/h5-8,10,15-16H,9H2,1-4H3. The molecule has 1 aromatic rings. The fourth-order valence-electron chi connectivity index (χ4n) is 1.43. The Hall–Kier alpha value is -1.06. The zero-order valence-corrected chi connectivity index (χ0v) is 10.4. The zero-order valence-electron chi connectivity index (χ0n) is 10.4. The summed E-state index contributed by atoms with van der Waals surface area (Å²) >= 11 is 0. The molecular weight excluding hydrogens is 202 g/mol. The average molecular weight is 223 g/mol. The quantitative estimate of drug-likeness (QED) is 0.820. The van der Waals surface area contributed by atoms with E-state index in [1.807, 2.05) is 50.1 Å². The van der Waals surface area contributed by atoms with Gasteiger partial charge in [-0.25, -0.2) is 0 Å². The van der Waals surface area contributed by atoms with Crippen molar-refractivity contribution in [2.75, 3.05) is 18.6 Å². The molecule has 0 saturated heterocycles. The maximum absolute atomic E-state index is 9.41. The molecule has 2 N–H and O–H groups in total. The molecule has 3 nitrogen and oxygen atoms in total. The Kier molecular flexibility index (Phi) is 3.94. The Balaban J connectivity index is 2.90. The van der Waals surface area contributed by atoms with Crippen molar-refractivity contribution in [3.8, 4) is 0 Å². The number of anilines is 1. The molecule has 0 aliphatic heterocycles. The zero-order chi connectivity index (χ0) is 12.3. The lowest BCUT2D eigenvalue weighted by atomic mass is 10.0. The van der Waals surface area contributed by atoms with E-state index in [-0.39, 0.29) is 12.1 Å². The third kappa shape index (κ3) is 2.74. The first kappa shape index (κ1) is 13.0. The fourth-order valence-corrected chi connectivity index (χ4v) is 1.43.